The molecule has 0 aliphatic carbocycles. The predicted molar refractivity (Wildman–Crippen MR) is 96.8 cm³/mol. The molecule has 0 radical (unpaired) electrons. The van der Waals surface area contributed by atoms with Crippen molar-refractivity contribution in [3.63, 3.8) is 0 Å². The van der Waals surface area contributed by atoms with Crippen LogP contribution in [0.1, 0.15) is 41.8 Å². The molecule has 0 amide bonds. The number of rotatable bonds is 7. The normalized spacial score (nSPS) is 12.2. The molecule has 0 spiro atoms. The highest BCUT2D eigenvalue weighted by atomic mass is 32.2. The number of halogens is 1. The standard InChI is InChI=1S/C19H19FN2O4S/c1-3-13(2)22-27(24,25)17-7-5-15(6-8-17)19(23)26-12-16-10-14(11-21)4-9-18(16)20/h4-10,13,22H,3,12H2,1-2H3. The zero-order valence-electron chi connectivity index (χ0n) is 14.9. The fourth-order valence-corrected chi connectivity index (χ4v) is 3.49. The van der Waals surface area contributed by atoms with Gasteiger partial charge < -0.3 is 4.74 Å². The van der Waals surface area contributed by atoms with Crippen molar-refractivity contribution in [3.05, 3.63) is 65.0 Å². The molecule has 0 saturated carbocycles. The van der Waals surface area contributed by atoms with Crippen LogP contribution in [-0.4, -0.2) is 20.4 Å². The average Bonchev–Trinajstić information content (AvgIpc) is 2.66. The summed E-state index contributed by atoms with van der Waals surface area (Å²) in [6.07, 6.45) is 0.646. The number of carbonyl (C=O) groups excluding carboxylic acids is 1. The summed E-state index contributed by atoms with van der Waals surface area (Å²) in [5.74, 6) is -1.31. The molecule has 2 rings (SSSR count). The highest BCUT2D eigenvalue weighted by molar-refractivity contribution is 7.89. The molecular formula is C19H19FN2O4S. The van der Waals surface area contributed by atoms with E-state index in [4.69, 9.17) is 10.00 Å². The van der Waals surface area contributed by atoms with Gasteiger partial charge in [0.1, 0.15) is 12.4 Å². The van der Waals surface area contributed by atoms with Crippen LogP contribution in [-0.2, 0) is 21.4 Å². The Morgan fingerprint density at radius 2 is 1.93 bits per heavy atom. The highest BCUT2D eigenvalue weighted by Crippen LogP contribution is 2.15. The molecule has 2 aromatic carbocycles. The van der Waals surface area contributed by atoms with Crippen LogP contribution in [0.15, 0.2) is 47.4 Å². The van der Waals surface area contributed by atoms with Crippen molar-refractivity contribution in [2.24, 2.45) is 0 Å². The number of hydrogen-bond donors (Lipinski definition) is 1. The number of nitrogens with one attached hydrogen (secondary N) is 1. The minimum atomic E-state index is -3.66. The molecule has 8 heteroatoms. The summed E-state index contributed by atoms with van der Waals surface area (Å²) in [6.45, 7) is 3.28. The van der Waals surface area contributed by atoms with Crippen LogP contribution in [0.25, 0.3) is 0 Å². The summed E-state index contributed by atoms with van der Waals surface area (Å²) < 4.78 is 45.7. The number of benzene rings is 2. The second-order valence-electron chi connectivity index (χ2n) is 5.95. The zero-order valence-corrected chi connectivity index (χ0v) is 15.7. The van der Waals surface area contributed by atoms with Gasteiger partial charge in [-0.1, -0.05) is 6.92 Å². The van der Waals surface area contributed by atoms with Gasteiger partial charge in [0.25, 0.3) is 0 Å². The highest BCUT2D eigenvalue weighted by Gasteiger charge is 2.17. The summed E-state index contributed by atoms with van der Waals surface area (Å²) in [6, 6.07) is 10.7. The smallest absolute Gasteiger partial charge is 0.338 e. The third kappa shape index (κ3) is 5.36. The molecule has 0 saturated heterocycles. The first kappa shape index (κ1) is 20.6. The number of esters is 1. The molecule has 2 aromatic rings. The van der Waals surface area contributed by atoms with Gasteiger partial charge in [-0.15, -0.1) is 0 Å². The van der Waals surface area contributed by atoms with Gasteiger partial charge in [0.15, 0.2) is 0 Å². The molecule has 142 valence electrons. The molecule has 0 fully saturated rings. The maximum absolute atomic E-state index is 13.7. The number of sulfonamides is 1. The summed E-state index contributed by atoms with van der Waals surface area (Å²) in [7, 11) is -3.66. The molecule has 0 aliphatic heterocycles. The van der Waals surface area contributed by atoms with E-state index < -0.39 is 21.8 Å². The second kappa shape index (κ2) is 8.75. The summed E-state index contributed by atoms with van der Waals surface area (Å²) in [5.41, 5.74) is 0.472. The van der Waals surface area contributed by atoms with E-state index in [-0.39, 0.29) is 34.2 Å². The van der Waals surface area contributed by atoms with Crippen LogP contribution in [0, 0.1) is 17.1 Å². The first-order valence-corrected chi connectivity index (χ1v) is 9.73. The van der Waals surface area contributed by atoms with Gasteiger partial charge in [-0.25, -0.2) is 22.3 Å². The number of hydrogen-bond acceptors (Lipinski definition) is 5. The van der Waals surface area contributed by atoms with Gasteiger partial charge >= 0.3 is 5.97 Å². The maximum atomic E-state index is 13.7. The molecule has 0 aliphatic rings. The van der Waals surface area contributed by atoms with E-state index in [9.17, 15) is 17.6 Å². The third-order valence-corrected chi connectivity index (χ3v) is 5.51. The Balaban J connectivity index is 2.07. The molecule has 0 heterocycles. The lowest BCUT2D eigenvalue weighted by atomic mass is 10.1. The minimum absolute atomic E-state index is 0.0344. The Morgan fingerprint density at radius 1 is 1.26 bits per heavy atom. The average molecular weight is 390 g/mol. The molecule has 1 atom stereocenters. The van der Waals surface area contributed by atoms with Crippen LogP contribution in [0.5, 0.6) is 0 Å². The van der Waals surface area contributed by atoms with Gasteiger partial charge in [-0.3, -0.25) is 0 Å². The van der Waals surface area contributed by atoms with Gasteiger partial charge in [-0.05, 0) is 55.8 Å². The number of nitriles is 1. The first-order valence-electron chi connectivity index (χ1n) is 8.25. The topological polar surface area (TPSA) is 96.3 Å². The van der Waals surface area contributed by atoms with Crippen molar-refractivity contribution < 1.29 is 22.3 Å². The van der Waals surface area contributed by atoms with E-state index in [1.807, 2.05) is 13.0 Å². The summed E-state index contributed by atoms with van der Waals surface area (Å²) in [4.78, 5) is 12.1. The van der Waals surface area contributed by atoms with Crippen molar-refractivity contribution in [2.75, 3.05) is 0 Å². The van der Waals surface area contributed by atoms with Crippen molar-refractivity contribution in [2.45, 2.75) is 37.8 Å². The van der Waals surface area contributed by atoms with Crippen LogP contribution in [0.4, 0.5) is 4.39 Å². The maximum Gasteiger partial charge on any atom is 0.338 e. The second-order valence-corrected chi connectivity index (χ2v) is 7.66. The zero-order chi connectivity index (χ0) is 20.0. The van der Waals surface area contributed by atoms with Crippen LogP contribution in [0.3, 0.4) is 0 Å². The van der Waals surface area contributed by atoms with E-state index in [0.717, 1.165) is 6.07 Å². The van der Waals surface area contributed by atoms with Crippen LogP contribution < -0.4 is 4.72 Å². The molecule has 1 N–H and O–H groups in total. The van der Waals surface area contributed by atoms with E-state index in [1.54, 1.807) is 6.92 Å². The molecule has 0 bridgehead atoms. The van der Waals surface area contributed by atoms with Gasteiger partial charge in [0, 0.05) is 11.6 Å². The van der Waals surface area contributed by atoms with E-state index in [0.29, 0.717) is 6.42 Å². The van der Waals surface area contributed by atoms with Gasteiger partial charge in [-0.2, -0.15) is 5.26 Å². The molecule has 1 unspecified atom stereocenters. The van der Waals surface area contributed by atoms with Gasteiger partial charge in [0.2, 0.25) is 10.0 Å². The largest absolute Gasteiger partial charge is 0.457 e. The van der Waals surface area contributed by atoms with Crippen molar-refractivity contribution in [1.82, 2.24) is 4.72 Å². The lowest BCUT2D eigenvalue weighted by molar-refractivity contribution is 0.0469. The monoisotopic (exact) mass is 390 g/mol. The van der Waals surface area contributed by atoms with Crippen molar-refractivity contribution >= 4 is 16.0 Å². The van der Waals surface area contributed by atoms with E-state index in [2.05, 4.69) is 4.72 Å². The third-order valence-electron chi connectivity index (χ3n) is 3.90. The Hall–Kier alpha value is -2.76. The minimum Gasteiger partial charge on any atom is -0.457 e. The number of nitrogens with zero attached hydrogens (tertiary/aromatic N) is 1. The van der Waals surface area contributed by atoms with Gasteiger partial charge in [0.05, 0.1) is 22.1 Å². The van der Waals surface area contributed by atoms with Crippen molar-refractivity contribution in [3.8, 4) is 6.07 Å². The Morgan fingerprint density at radius 3 is 2.52 bits per heavy atom. The molecule has 27 heavy (non-hydrogen) atoms. The SMILES string of the molecule is CCC(C)NS(=O)(=O)c1ccc(C(=O)OCc2cc(C#N)ccc2F)cc1. The summed E-state index contributed by atoms with van der Waals surface area (Å²) in [5, 5.41) is 8.84. The first-order chi connectivity index (χ1) is 12.8. The summed E-state index contributed by atoms with van der Waals surface area (Å²) >= 11 is 0. The lowest BCUT2D eigenvalue weighted by Gasteiger charge is -2.12. The Bertz CT molecular complexity index is 966. The fraction of sp³-hybridized carbons (Fsp3) is 0.263. The number of carbonyl (C=O) groups is 1. The number of ether oxygens (including phenoxy) is 1. The van der Waals surface area contributed by atoms with Crippen LogP contribution >= 0.6 is 0 Å². The molecule has 6 nitrogen and oxygen atoms in total. The molecule has 0 aromatic heterocycles. The van der Waals surface area contributed by atoms with Crippen LogP contribution in [0.2, 0.25) is 0 Å². The van der Waals surface area contributed by atoms with Crippen molar-refractivity contribution in [1.29, 1.82) is 5.26 Å². The Kier molecular flexibility index (Phi) is 6.66. The molecular weight excluding hydrogens is 371 g/mol. The quantitative estimate of drug-likeness (QED) is 0.733. The fourth-order valence-electron chi connectivity index (χ4n) is 2.17. The van der Waals surface area contributed by atoms with E-state index >= 15 is 0 Å². The lowest BCUT2D eigenvalue weighted by Crippen LogP contribution is -2.32. The van der Waals surface area contributed by atoms with E-state index in [1.165, 1.54) is 36.4 Å². The predicted octanol–water partition coefficient (Wildman–Crippen LogP) is 3.13. The Labute approximate surface area is 157 Å².